The SMILES string of the molecule is O=C(C1CCCN(C2CCCC2)C1)N1CCN(c2nccs2)CC1. The molecule has 0 spiro atoms. The lowest BCUT2D eigenvalue weighted by Crippen LogP contribution is -2.53. The molecule has 2 aliphatic heterocycles. The fourth-order valence-electron chi connectivity index (χ4n) is 4.56. The van der Waals surface area contributed by atoms with Gasteiger partial charge in [-0.1, -0.05) is 12.8 Å². The first-order valence-corrected chi connectivity index (χ1v) is 10.4. The lowest BCUT2D eigenvalue weighted by atomic mass is 9.94. The Morgan fingerprint density at radius 3 is 2.54 bits per heavy atom. The van der Waals surface area contributed by atoms with E-state index < -0.39 is 0 Å². The van der Waals surface area contributed by atoms with Crippen LogP contribution in [0.4, 0.5) is 5.13 Å². The van der Waals surface area contributed by atoms with Gasteiger partial charge in [0, 0.05) is 50.3 Å². The molecule has 0 bridgehead atoms. The molecule has 1 aromatic rings. The van der Waals surface area contributed by atoms with Crippen molar-refractivity contribution in [2.24, 2.45) is 5.92 Å². The van der Waals surface area contributed by atoms with Crippen LogP contribution in [0.1, 0.15) is 38.5 Å². The van der Waals surface area contributed by atoms with E-state index in [9.17, 15) is 4.79 Å². The molecule has 0 aromatic carbocycles. The van der Waals surface area contributed by atoms with Gasteiger partial charge in [0.25, 0.3) is 0 Å². The molecule has 3 heterocycles. The van der Waals surface area contributed by atoms with Gasteiger partial charge in [-0.15, -0.1) is 11.3 Å². The molecule has 1 aliphatic carbocycles. The number of carbonyl (C=O) groups excluding carboxylic acids is 1. The van der Waals surface area contributed by atoms with Crippen LogP contribution < -0.4 is 4.90 Å². The Labute approximate surface area is 148 Å². The van der Waals surface area contributed by atoms with Crippen LogP contribution in [-0.2, 0) is 4.79 Å². The van der Waals surface area contributed by atoms with Gasteiger partial charge in [0.15, 0.2) is 5.13 Å². The standard InChI is InChI=1S/C18H28N4OS/c23-17(15-4-3-8-22(14-15)16-5-1-2-6-16)20-9-11-21(12-10-20)18-19-7-13-24-18/h7,13,15-16H,1-6,8-12,14H2. The zero-order chi connectivity index (χ0) is 16.4. The number of nitrogens with zero attached hydrogens (tertiary/aromatic N) is 4. The third-order valence-corrected chi connectivity index (χ3v) is 6.76. The summed E-state index contributed by atoms with van der Waals surface area (Å²) in [5, 5.41) is 3.11. The number of piperidine rings is 1. The average molecular weight is 349 g/mol. The summed E-state index contributed by atoms with van der Waals surface area (Å²) in [6.45, 7) is 5.72. The Bertz CT molecular complexity index is 535. The molecule has 0 N–H and O–H groups in total. The van der Waals surface area contributed by atoms with E-state index in [1.807, 2.05) is 11.6 Å². The number of piperazine rings is 1. The van der Waals surface area contributed by atoms with Gasteiger partial charge in [-0.25, -0.2) is 4.98 Å². The van der Waals surface area contributed by atoms with Gasteiger partial charge in [-0.05, 0) is 32.2 Å². The summed E-state index contributed by atoms with van der Waals surface area (Å²) in [7, 11) is 0. The molecule has 1 atom stereocenters. The number of likely N-dealkylation sites (tertiary alicyclic amines) is 1. The van der Waals surface area contributed by atoms with E-state index in [0.717, 1.165) is 50.3 Å². The highest BCUT2D eigenvalue weighted by molar-refractivity contribution is 7.13. The zero-order valence-corrected chi connectivity index (χ0v) is 15.2. The minimum Gasteiger partial charge on any atom is -0.345 e. The predicted octanol–water partition coefficient (Wildman–Crippen LogP) is 2.45. The maximum Gasteiger partial charge on any atom is 0.227 e. The highest BCUT2D eigenvalue weighted by Gasteiger charge is 2.34. The van der Waals surface area contributed by atoms with Crippen molar-refractivity contribution in [1.82, 2.24) is 14.8 Å². The summed E-state index contributed by atoms with van der Waals surface area (Å²) >= 11 is 1.69. The second-order valence-electron chi connectivity index (χ2n) is 7.40. The summed E-state index contributed by atoms with van der Waals surface area (Å²) in [5.74, 6) is 0.627. The Kier molecular flexibility index (Phi) is 5.03. The highest BCUT2D eigenvalue weighted by atomic mass is 32.1. The molecule has 1 amide bonds. The number of rotatable bonds is 3. The molecule has 1 aromatic heterocycles. The predicted molar refractivity (Wildman–Crippen MR) is 97.5 cm³/mol. The summed E-state index contributed by atoms with van der Waals surface area (Å²) in [6, 6.07) is 0.752. The van der Waals surface area contributed by atoms with Gasteiger partial charge in [-0.3, -0.25) is 9.69 Å². The van der Waals surface area contributed by atoms with Gasteiger partial charge in [-0.2, -0.15) is 0 Å². The normalized spacial score (nSPS) is 26.9. The van der Waals surface area contributed by atoms with Crippen LogP contribution >= 0.6 is 11.3 Å². The average Bonchev–Trinajstić information content (AvgIpc) is 3.35. The summed E-state index contributed by atoms with van der Waals surface area (Å²) < 4.78 is 0. The second kappa shape index (κ2) is 7.40. The molecule has 1 unspecified atom stereocenters. The van der Waals surface area contributed by atoms with Gasteiger partial charge < -0.3 is 9.80 Å². The van der Waals surface area contributed by atoms with Crippen molar-refractivity contribution in [2.75, 3.05) is 44.2 Å². The molecule has 6 heteroatoms. The minimum atomic E-state index is 0.228. The number of carbonyl (C=O) groups is 1. The highest BCUT2D eigenvalue weighted by Crippen LogP contribution is 2.29. The maximum atomic E-state index is 13.0. The number of hydrogen-bond donors (Lipinski definition) is 0. The van der Waals surface area contributed by atoms with Gasteiger partial charge in [0.05, 0.1) is 5.92 Å². The molecular formula is C18H28N4OS. The van der Waals surface area contributed by atoms with E-state index in [0.29, 0.717) is 5.91 Å². The summed E-state index contributed by atoms with van der Waals surface area (Å²) in [6.07, 6.45) is 9.55. The van der Waals surface area contributed by atoms with Crippen molar-refractivity contribution < 1.29 is 4.79 Å². The van der Waals surface area contributed by atoms with Crippen LogP contribution in [-0.4, -0.2) is 66.0 Å². The maximum absolute atomic E-state index is 13.0. The van der Waals surface area contributed by atoms with Crippen molar-refractivity contribution >= 4 is 22.4 Å². The number of thiazole rings is 1. The molecule has 5 nitrogen and oxygen atoms in total. The molecule has 3 aliphatic rings. The Balaban J connectivity index is 1.31. The van der Waals surface area contributed by atoms with E-state index >= 15 is 0 Å². The molecule has 0 radical (unpaired) electrons. The Morgan fingerprint density at radius 2 is 1.83 bits per heavy atom. The van der Waals surface area contributed by atoms with Crippen molar-refractivity contribution in [3.05, 3.63) is 11.6 Å². The van der Waals surface area contributed by atoms with E-state index in [1.165, 1.54) is 38.6 Å². The van der Waals surface area contributed by atoms with E-state index in [2.05, 4.69) is 19.7 Å². The smallest absolute Gasteiger partial charge is 0.227 e. The topological polar surface area (TPSA) is 39.7 Å². The van der Waals surface area contributed by atoms with Crippen molar-refractivity contribution in [2.45, 2.75) is 44.6 Å². The Morgan fingerprint density at radius 1 is 1.04 bits per heavy atom. The fourth-order valence-corrected chi connectivity index (χ4v) is 5.25. The van der Waals surface area contributed by atoms with E-state index in [1.54, 1.807) is 11.3 Å². The number of anilines is 1. The van der Waals surface area contributed by atoms with Crippen LogP contribution in [0, 0.1) is 5.92 Å². The van der Waals surface area contributed by atoms with E-state index in [-0.39, 0.29) is 5.92 Å². The van der Waals surface area contributed by atoms with Crippen LogP contribution in [0.15, 0.2) is 11.6 Å². The van der Waals surface area contributed by atoms with Gasteiger partial charge in [0.1, 0.15) is 0 Å². The Hall–Kier alpha value is -1.14. The molecular weight excluding hydrogens is 320 g/mol. The first kappa shape index (κ1) is 16.3. The first-order chi connectivity index (χ1) is 11.8. The van der Waals surface area contributed by atoms with E-state index in [4.69, 9.17) is 0 Å². The lowest BCUT2D eigenvalue weighted by molar-refractivity contribution is -0.138. The van der Waals surface area contributed by atoms with Crippen molar-refractivity contribution in [3.8, 4) is 0 Å². The van der Waals surface area contributed by atoms with Crippen LogP contribution in [0.2, 0.25) is 0 Å². The summed E-state index contributed by atoms with van der Waals surface area (Å²) in [4.78, 5) is 24.4. The van der Waals surface area contributed by atoms with Crippen LogP contribution in [0.3, 0.4) is 0 Å². The van der Waals surface area contributed by atoms with Gasteiger partial charge in [0.2, 0.25) is 5.91 Å². The molecule has 4 rings (SSSR count). The number of aromatic nitrogens is 1. The zero-order valence-electron chi connectivity index (χ0n) is 14.4. The van der Waals surface area contributed by atoms with Crippen molar-refractivity contribution in [3.63, 3.8) is 0 Å². The number of amides is 1. The van der Waals surface area contributed by atoms with Crippen LogP contribution in [0.25, 0.3) is 0 Å². The first-order valence-electron chi connectivity index (χ1n) is 9.48. The van der Waals surface area contributed by atoms with Crippen LogP contribution in [0.5, 0.6) is 0 Å². The number of hydrogen-bond acceptors (Lipinski definition) is 5. The third kappa shape index (κ3) is 3.45. The third-order valence-electron chi connectivity index (χ3n) is 5.92. The molecule has 132 valence electrons. The summed E-state index contributed by atoms with van der Waals surface area (Å²) in [5.41, 5.74) is 0. The fraction of sp³-hybridized carbons (Fsp3) is 0.778. The monoisotopic (exact) mass is 348 g/mol. The molecule has 3 fully saturated rings. The largest absolute Gasteiger partial charge is 0.345 e. The molecule has 24 heavy (non-hydrogen) atoms. The van der Waals surface area contributed by atoms with Gasteiger partial charge >= 0.3 is 0 Å². The quantitative estimate of drug-likeness (QED) is 0.841. The minimum absolute atomic E-state index is 0.228. The second-order valence-corrected chi connectivity index (χ2v) is 8.27. The van der Waals surface area contributed by atoms with Crippen molar-refractivity contribution in [1.29, 1.82) is 0 Å². The molecule has 1 saturated carbocycles. The molecule has 2 saturated heterocycles. The lowest BCUT2D eigenvalue weighted by Gasteiger charge is -2.40.